The van der Waals surface area contributed by atoms with E-state index in [1.165, 1.54) is 19.3 Å². The first kappa shape index (κ1) is 17.3. The van der Waals surface area contributed by atoms with Crippen LogP contribution in [0.3, 0.4) is 0 Å². The SMILES string of the molecule is CC(=O)Nc1cccc(C(=O)NCc2ccc(-n3ccnc3)c(F)c2)c1. The van der Waals surface area contributed by atoms with E-state index >= 15 is 0 Å². The fraction of sp³-hybridized carbons (Fsp3) is 0.105. The number of nitrogens with zero attached hydrogens (tertiary/aromatic N) is 2. The van der Waals surface area contributed by atoms with Gasteiger partial charge in [-0.25, -0.2) is 9.37 Å². The summed E-state index contributed by atoms with van der Waals surface area (Å²) in [6.45, 7) is 1.58. The van der Waals surface area contributed by atoms with Crippen molar-refractivity contribution >= 4 is 17.5 Å². The molecule has 0 fully saturated rings. The van der Waals surface area contributed by atoms with Gasteiger partial charge in [0.05, 0.1) is 12.0 Å². The van der Waals surface area contributed by atoms with Crippen molar-refractivity contribution in [3.63, 3.8) is 0 Å². The molecule has 0 atom stereocenters. The smallest absolute Gasteiger partial charge is 0.251 e. The molecule has 0 spiro atoms. The lowest BCUT2D eigenvalue weighted by molar-refractivity contribution is -0.114. The van der Waals surface area contributed by atoms with Crippen molar-refractivity contribution in [3.05, 3.63) is 78.1 Å². The standard InChI is InChI=1S/C19H17FN4O2/c1-13(25)23-16-4-2-3-15(10-16)19(26)22-11-14-5-6-18(17(20)9-14)24-8-7-21-12-24/h2-10,12H,11H2,1H3,(H,22,26)(H,23,25). The van der Waals surface area contributed by atoms with Gasteiger partial charge in [-0.3, -0.25) is 9.59 Å². The summed E-state index contributed by atoms with van der Waals surface area (Å²) in [7, 11) is 0. The average molecular weight is 352 g/mol. The summed E-state index contributed by atoms with van der Waals surface area (Å²) in [6, 6.07) is 11.4. The van der Waals surface area contributed by atoms with Crippen LogP contribution in [0.15, 0.2) is 61.2 Å². The van der Waals surface area contributed by atoms with Gasteiger partial charge in [0.1, 0.15) is 5.82 Å². The summed E-state index contributed by atoms with van der Waals surface area (Å²) in [5, 5.41) is 5.36. The molecule has 6 nitrogen and oxygen atoms in total. The number of imidazole rings is 1. The molecule has 0 unspecified atom stereocenters. The van der Waals surface area contributed by atoms with Crippen molar-refractivity contribution in [2.45, 2.75) is 13.5 Å². The lowest BCUT2D eigenvalue weighted by Crippen LogP contribution is -2.23. The number of hydrogen-bond acceptors (Lipinski definition) is 3. The molecule has 0 aliphatic carbocycles. The Labute approximate surface area is 149 Å². The lowest BCUT2D eigenvalue weighted by atomic mass is 10.1. The molecule has 26 heavy (non-hydrogen) atoms. The highest BCUT2D eigenvalue weighted by Gasteiger charge is 2.09. The summed E-state index contributed by atoms with van der Waals surface area (Å²) >= 11 is 0. The molecule has 0 aliphatic heterocycles. The van der Waals surface area contributed by atoms with Crippen LogP contribution in [0, 0.1) is 5.82 Å². The van der Waals surface area contributed by atoms with Crippen LogP contribution < -0.4 is 10.6 Å². The number of anilines is 1. The molecule has 3 rings (SSSR count). The van der Waals surface area contributed by atoms with Crippen molar-refractivity contribution in [2.75, 3.05) is 5.32 Å². The molecular weight excluding hydrogens is 335 g/mol. The lowest BCUT2D eigenvalue weighted by Gasteiger charge is -2.09. The van der Waals surface area contributed by atoms with Crippen LogP contribution in [-0.4, -0.2) is 21.4 Å². The van der Waals surface area contributed by atoms with Crippen molar-refractivity contribution in [2.24, 2.45) is 0 Å². The van der Waals surface area contributed by atoms with Crippen LogP contribution in [0.25, 0.3) is 5.69 Å². The van der Waals surface area contributed by atoms with Crippen LogP contribution in [0.2, 0.25) is 0 Å². The minimum atomic E-state index is -0.401. The second-order valence-corrected chi connectivity index (χ2v) is 5.70. The van der Waals surface area contributed by atoms with Crippen LogP contribution in [0.4, 0.5) is 10.1 Å². The minimum Gasteiger partial charge on any atom is -0.348 e. The van der Waals surface area contributed by atoms with Gasteiger partial charge in [0.15, 0.2) is 0 Å². The van der Waals surface area contributed by atoms with Gasteiger partial charge in [0.25, 0.3) is 5.91 Å². The molecule has 1 heterocycles. The van der Waals surface area contributed by atoms with E-state index in [4.69, 9.17) is 0 Å². The normalized spacial score (nSPS) is 10.4. The highest BCUT2D eigenvalue weighted by Crippen LogP contribution is 2.15. The zero-order valence-electron chi connectivity index (χ0n) is 14.1. The number of hydrogen-bond donors (Lipinski definition) is 2. The van der Waals surface area contributed by atoms with Crippen LogP contribution in [0.5, 0.6) is 0 Å². The Morgan fingerprint density at radius 2 is 2.04 bits per heavy atom. The average Bonchev–Trinajstić information content (AvgIpc) is 3.13. The van der Waals surface area contributed by atoms with E-state index in [0.29, 0.717) is 22.5 Å². The molecule has 7 heteroatoms. The third kappa shape index (κ3) is 4.13. The van der Waals surface area contributed by atoms with E-state index < -0.39 is 5.82 Å². The largest absolute Gasteiger partial charge is 0.348 e. The molecule has 0 saturated carbocycles. The van der Waals surface area contributed by atoms with Gasteiger partial charge >= 0.3 is 0 Å². The van der Waals surface area contributed by atoms with E-state index in [2.05, 4.69) is 15.6 Å². The summed E-state index contributed by atoms with van der Waals surface area (Å²) in [5.74, 6) is -0.922. The fourth-order valence-electron chi connectivity index (χ4n) is 2.50. The van der Waals surface area contributed by atoms with Crippen molar-refractivity contribution < 1.29 is 14.0 Å². The number of carbonyl (C=O) groups excluding carboxylic acids is 2. The van der Waals surface area contributed by atoms with E-state index in [-0.39, 0.29) is 18.4 Å². The molecule has 2 N–H and O–H groups in total. The quantitative estimate of drug-likeness (QED) is 0.741. The molecule has 0 bridgehead atoms. The Morgan fingerprint density at radius 3 is 2.73 bits per heavy atom. The number of nitrogens with one attached hydrogen (secondary N) is 2. The first-order valence-corrected chi connectivity index (χ1v) is 7.95. The van der Waals surface area contributed by atoms with Gasteiger partial charge in [-0.1, -0.05) is 12.1 Å². The Hall–Kier alpha value is -3.48. The summed E-state index contributed by atoms with van der Waals surface area (Å²) < 4.78 is 15.8. The van der Waals surface area contributed by atoms with Crippen LogP contribution >= 0.6 is 0 Å². The van der Waals surface area contributed by atoms with E-state index in [9.17, 15) is 14.0 Å². The number of halogens is 1. The van der Waals surface area contributed by atoms with Crippen molar-refractivity contribution in [1.29, 1.82) is 0 Å². The van der Waals surface area contributed by atoms with E-state index in [1.807, 2.05) is 0 Å². The first-order valence-electron chi connectivity index (χ1n) is 7.95. The van der Waals surface area contributed by atoms with Crippen molar-refractivity contribution in [3.8, 4) is 5.69 Å². The van der Waals surface area contributed by atoms with Crippen LogP contribution in [0.1, 0.15) is 22.8 Å². The Bertz CT molecular complexity index is 938. The van der Waals surface area contributed by atoms with Gasteiger partial charge in [-0.2, -0.15) is 0 Å². The van der Waals surface area contributed by atoms with Crippen LogP contribution in [-0.2, 0) is 11.3 Å². The third-order valence-corrected chi connectivity index (χ3v) is 3.69. The number of carbonyl (C=O) groups is 2. The highest BCUT2D eigenvalue weighted by molar-refractivity contribution is 5.96. The topological polar surface area (TPSA) is 76.0 Å². The molecule has 2 amide bonds. The zero-order valence-corrected chi connectivity index (χ0v) is 14.1. The molecule has 0 aliphatic rings. The van der Waals surface area contributed by atoms with Crippen molar-refractivity contribution in [1.82, 2.24) is 14.9 Å². The zero-order chi connectivity index (χ0) is 18.5. The number of rotatable bonds is 5. The minimum absolute atomic E-state index is 0.185. The van der Waals surface area contributed by atoms with E-state index in [1.54, 1.807) is 53.4 Å². The summed E-state index contributed by atoms with van der Waals surface area (Å²) in [5.41, 5.74) is 1.98. The predicted octanol–water partition coefficient (Wildman–Crippen LogP) is 2.90. The maximum absolute atomic E-state index is 14.2. The highest BCUT2D eigenvalue weighted by atomic mass is 19.1. The Kier molecular flexibility index (Phi) is 5.07. The first-order chi connectivity index (χ1) is 12.5. The molecule has 3 aromatic rings. The fourth-order valence-corrected chi connectivity index (χ4v) is 2.50. The second kappa shape index (κ2) is 7.60. The maximum Gasteiger partial charge on any atom is 0.251 e. The number of aromatic nitrogens is 2. The molecule has 1 aromatic heterocycles. The van der Waals surface area contributed by atoms with E-state index in [0.717, 1.165) is 0 Å². The van der Waals surface area contributed by atoms with Gasteiger partial charge < -0.3 is 15.2 Å². The van der Waals surface area contributed by atoms with Gasteiger partial charge in [-0.15, -0.1) is 0 Å². The third-order valence-electron chi connectivity index (χ3n) is 3.69. The van der Waals surface area contributed by atoms with Gasteiger partial charge in [0, 0.05) is 37.1 Å². The maximum atomic E-state index is 14.2. The molecule has 0 saturated heterocycles. The molecule has 132 valence electrons. The summed E-state index contributed by atoms with van der Waals surface area (Å²) in [6.07, 6.45) is 4.74. The van der Waals surface area contributed by atoms with Gasteiger partial charge in [0.2, 0.25) is 5.91 Å². The Morgan fingerprint density at radius 1 is 1.19 bits per heavy atom. The molecule has 2 aromatic carbocycles. The van der Waals surface area contributed by atoms with Gasteiger partial charge in [-0.05, 0) is 35.9 Å². The molecular formula is C19H17FN4O2. The predicted molar refractivity (Wildman–Crippen MR) is 95.4 cm³/mol. The number of benzene rings is 2. The molecule has 0 radical (unpaired) electrons. The second-order valence-electron chi connectivity index (χ2n) is 5.70. The monoisotopic (exact) mass is 352 g/mol. The number of amides is 2. The summed E-state index contributed by atoms with van der Waals surface area (Å²) in [4.78, 5) is 27.3. The Balaban J connectivity index is 1.66.